The largest absolute Gasteiger partial charge is 0.457 e. The quantitative estimate of drug-likeness (QED) is 0.292. The molecule has 3 aliphatic heterocycles. The molecule has 54 heavy (non-hydrogen) atoms. The van der Waals surface area contributed by atoms with Crippen LogP contribution in [0.25, 0.3) is 0 Å². The van der Waals surface area contributed by atoms with E-state index in [4.69, 9.17) is 28.4 Å². The predicted octanol–water partition coefficient (Wildman–Crippen LogP) is 5.59. The fraction of sp³-hybridized carbons (Fsp3) is 0.878. The zero-order chi connectivity index (χ0) is 40.4. The Balaban J connectivity index is 0.0000101. The first-order valence-electron chi connectivity index (χ1n) is 19.7. The first-order valence-corrected chi connectivity index (χ1v) is 19.7. The van der Waals surface area contributed by atoms with Crippen LogP contribution >= 0.6 is 0 Å². The molecule has 0 unspecified atom stereocenters. The topological polar surface area (TPSA) is 150 Å². The van der Waals surface area contributed by atoms with E-state index in [9.17, 15) is 24.6 Å². The number of carbonyl (C=O) groups is 3. The number of cyclic esters (lactones) is 1. The van der Waals surface area contributed by atoms with E-state index >= 15 is 0 Å². The van der Waals surface area contributed by atoms with Gasteiger partial charge in [0.2, 0.25) is 0 Å². The number of esters is 2. The van der Waals surface area contributed by atoms with E-state index < -0.39 is 89.4 Å². The third kappa shape index (κ3) is 11.8. The third-order valence-corrected chi connectivity index (χ3v) is 12.0. The molecule has 0 aromatic rings. The summed E-state index contributed by atoms with van der Waals surface area (Å²) in [6, 6.07) is 0.143. The molecule has 3 aliphatic rings. The smallest absolute Gasteiger partial charge is 0.311 e. The molecule has 3 rings (SSSR count). The number of ketones is 1. The van der Waals surface area contributed by atoms with Crippen LogP contribution in [-0.2, 0) is 42.8 Å². The van der Waals surface area contributed by atoms with Gasteiger partial charge in [-0.15, -0.1) is 0 Å². The standard InChI is InChI=1S/C41H71NO11.Ac/c1-16-30-41(13,53-31(43)17-2)20-23(4)33(44)22(3)19-40(12,47)36(52-38-25(6)29(42(14)15)18-24(5)48-38)26(7)34(27(8)37(46)50-30)51-32-21-39(10,11)35(45)28(9)49-32;/h20,22,24-30,32,34-36,38,45,47H,16-19,21H2,1-15H3;/b23-20+;/t22-,24-,25-,26+,27-,28+,29+,30-,32+,34+,35+,36-,38+,40-,41+;/m1./s1. The normalized spacial score (nSPS) is 43.6. The summed E-state index contributed by atoms with van der Waals surface area (Å²) in [5, 5.41) is 23.4. The van der Waals surface area contributed by atoms with Crippen molar-refractivity contribution < 1.29 is 97.1 Å². The van der Waals surface area contributed by atoms with Crippen molar-refractivity contribution in [3.05, 3.63) is 11.6 Å². The van der Waals surface area contributed by atoms with Crippen molar-refractivity contribution in [2.24, 2.45) is 29.1 Å². The van der Waals surface area contributed by atoms with Crippen molar-refractivity contribution in [1.82, 2.24) is 4.90 Å². The summed E-state index contributed by atoms with van der Waals surface area (Å²) in [6.45, 7) is 23.5. The summed E-state index contributed by atoms with van der Waals surface area (Å²) >= 11 is 0. The summed E-state index contributed by atoms with van der Waals surface area (Å²) in [7, 11) is 4.05. The number of Topliss-reactive ketones (excluding diaryl/α,β-unsaturated/α-hetero) is 1. The molecule has 2 saturated heterocycles. The number of aliphatic hydroxyl groups is 2. The number of ether oxygens (including phenoxy) is 6. The van der Waals surface area contributed by atoms with Crippen molar-refractivity contribution in [2.45, 2.75) is 189 Å². The fourth-order valence-electron chi connectivity index (χ4n) is 8.85. The molecule has 0 spiro atoms. The molecule has 12 nitrogen and oxygen atoms in total. The number of aliphatic hydroxyl groups excluding tert-OH is 1. The molecule has 0 aromatic heterocycles. The molecular weight excluding hydrogens is 909 g/mol. The second-order valence-corrected chi connectivity index (χ2v) is 17.7. The Labute approximate surface area is 360 Å². The molecular formula is C41H71AcNO11. The van der Waals surface area contributed by atoms with Gasteiger partial charge in [0.1, 0.15) is 6.10 Å². The van der Waals surface area contributed by atoms with Gasteiger partial charge in [0, 0.05) is 80.7 Å². The van der Waals surface area contributed by atoms with Crippen molar-refractivity contribution in [3.8, 4) is 0 Å². The van der Waals surface area contributed by atoms with Gasteiger partial charge in [-0.25, -0.2) is 0 Å². The molecule has 15 atom stereocenters. The predicted molar refractivity (Wildman–Crippen MR) is 201 cm³/mol. The van der Waals surface area contributed by atoms with Gasteiger partial charge in [0.15, 0.2) is 24.0 Å². The molecule has 13 heteroatoms. The Kier molecular flexibility index (Phi) is 18.4. The van der Waals surface area contributed by atoms with Gasteiger partial charge in [0.05, 0.1) is 42.0 Å². The van der Waals surface area contributed by atoms with Gasteiger partial charge >= 0.3 is 11.9 Å². The van der Waals surface area contributed by atoms with Crippen molar-refractivity contribution in [3.63, 3.8) is 0 Å². The van der Waals surface area contributed by atoms with Crippen LogP contribution in [0.1, 0.15) is 122 Å². The van der Waals surface area contributed by atoms with Crippen molar-refractivity contribution >= 4 is 17.7 Å². The van der Waals surface area contributed by atoms with Gasteiger partial charge in [-0.2, -0.15) is 0 Å². The van der Waals surface area contributed by atoms with Crippen LogP contribution in [0, 0.1) is 73.1 Å². The Morgan fingerprint density at radius 2 is 1.57 bits per heavy atom. The summed E-state index contributed by atoms with van der Waals surface area (Å²) in [5.41, 5.74) is -3.31. The summed E-state index contributed by atoms with van der Waals surface area (Å²) in [6.07, 6.45) is -2.64. The van der Waals surface area contributed by atoms with Crippen LogP contribution < -0.4 is 0 Å². The summed E-state index contributed by atoms with van der Waals surface area (Å²) < 4.78 is 38.5. The SMILES string of the molecule is CCC(=O)O[C@@]1(C)/C=C(\C)C(=O)[C@H](C)C[C@@](C)(O)[C@H](O[C@@H]2O[C@H](C)C[C@H](N(C)C)[C@H]2C)[C@@H](C)[C@H](O[C@H]2CC(C)(C)[C@@H](O)[C@H](C)O2)[C@@H](C)C(=O)O[C@@H]1CC.[Ac]. The van der Waals surface area contributed by atoms with Gasteiger partial charge in [-0.1, -0.05) is 48.5 Å². The van der Waals surface area contributed by atoms with Crippen LogP contribution in [0.15, 0.2) is 11.6 Å². The Bertz CT molecular complexity index is 1310. The van der Waals surface area contributed by atoms with E-state index in [-0.39, 0.29) is 80.8 Å². The van der Waals surface area contributed by atoms with E-state index in [0.29, 0.717) is 18.4 Å². The number of carbonyl (C=O) groups excluding carboxylic acids is 3. The van der Waals surface area contributed by atoms with Crippen LogP contribution in [-0.4, -0.2) is 113 Å². The molecule has 0 aliphatic carbocycles. The Morgan fingerprint density at radius 1 is 0.963 bits per heavy atom. The van der Waals surface area contributed by atoms with Crippen LogP contribution in [0.5, 0.6) is 0 Å². The Hall–Kier alpha value is -0.488. The van der Waals surface area contributed by atoms with Crippen LogP contribution in [0.4, 0.5) is 0 Å². The zero-order valence-electron chi connectivity index (χ0n) is 35.7. The van der Waals surface area contributed by atoms with E-state index in [1.807, 2.05) is 48.7 Å². The first-order chi connectivity index (χ1) is 24.4. The van der Waals surface area contributed by atoms with Gasteiger partial charge in [-0.3, -0.25) is 14.4 Å². The third-order valence-electron chi connectivity index (χ3n) is 12.0. The number of nitrogens with zero attached hydrogens (tertiary/aromatic N) is 1. The van der Waals surface area contributed by atoms with E-state index in [0.717, 1.165) is 6.42 Å². The maximum Gasteiger partial charge on any atom is 0.311 e. The second kappa shape index (κ2) is 20.0. The first kappa shape index (κ1) is 49.7. The van der Waals surface area contributed by atoms with Crippen LogP contribution in [0.3, 0.4) is 0 Å². The van der Waals surface area contributed by atoms with Crippen molar-refractivity contribution in [1.29, 1.82) is 0 Å². The molecule has 0 bridgehead atoms. The summed E-state index contributed by atoms with van der Waals surface area (Å²) in [5.74, 6) is -3.72. The monoisotopic (exact) mass is 981 g/mol. The molecule has 1 radical (unpaired) electrons. The van der Waals surface area contributed by atoms with Crippen LogP contribution in [0.2, 0.25) is 0 Å². The minimum atomic E-state index is -1.62. The number of hydrogen-bond acceptors (Lipinski definition) is 12. The fourth-order valence-corrected chi connectivity index (χ4v) is 8.85. The second-order valence-electron chi connectivity index (χ2n) is 17.7. The van der Waals surface area contributed by atoms with E-state index in [2.05, 4.69) is 11.8 Å². The summed E-state index contributed by atoms with van der Waals surface area (Å²) in [4.78, 5) is 43.3. The molecule has 3 heterocycles. The van der Waals surface area contributed by atoms with Gasteiger partial charge in [0.25, 0.3) is 0 Å². The minimum absolute atomic E-state index is 0. The molecule has 0 amide bonds. The molecule has 2 fully saturated rings. The molecule has 0 saturated carbocycles. The van der Waals surface area contributed by atoms with Gasteiger partial charge in [-0.05, 0) is 92.0 Å². The Morgan fingerprint density at radius 3 is 2.11 bits per heavy atom. The maximum absolute atomic E-state index is 14.4. The molecule has 2 N–H and O–H groups in total. The van der Waals surface area contributed by atoms with E-state index in [1.54, 1.807) is 54.5 Å². The average Bonchev–Trinajstić information content (AvgIpc) is 3.06. The van der Waals surface area contributed by atoms with Gasteiger partial charge < -0.3 is 43.5 Å². The molecule has 0 aromatic carbocycles. The zero-order valence-corrected chi connectivity index (χ0v) is 40.5. The van der Waals surface area contributed by atoms with E-state index in [1.165, 1.54) is 0 Å². The molecule has 309 valence electrons. The maximum atomic E-state index is 14.4. The number of allylic oxidation sites excluding steroid dienone is 1. The number of rotatable bonds is 8. The minimum Gasteiger partial charge on any atom is -0.457 e. The van der Waals surface area contributed by atoms with Crippen molar-refractivity contribution in [2.75, 3.05) is 14.1 Å². The average molecular weight is 981 g/mol. The number of hydrogen-bond donors (Lipinski definition) is 2.